The number of imidazole rings is 1. The SMILES string of the molecule is FC(c1[c-]c(N2c3ncccc3[Si](c3ccccc3)(c3ccccc3)c3ccc4c(oc5ccccc54)c32)ccc1)c1[c-]c2c(cc1)c1ccccc1n1ccnc21.[Pt+2]. The number of rotatable bonds is 5. The summed E-state index contributed by atoms with van der Waals surface area (Å²) < 4.78 is 26.1. The normalized spacial score (nSPS) is 13.7. The van der Waals surface area contributed by atoms with Crippen LogP contribution in [0.4, 0.5) is 21.6 Å². The fraction of sp³-hybridized carbons (Fsp3) is 0.0196. The Bertz CT molecular complexity index is 3370. The van der Waals surface area contributed by atoms with Gasteiger partial charge >= 0.3 is 21.1 Å². The zero-order chi connectivity index (χ0) is 38.4. The molecule has 0 N–H and O–H groups in total. The molecule has 0 bridgehead atoms. The van der Waals surface area contributed by atoms with Crippen molar-refractivity contribution in [2.45, 2.75) is 6.17 Å². The summed E-state index contributed by atoms with van der Waals surface area (Å²) in [6.45, 7) is 0. The number of nitrogens with zero attached hydrogens (tertiary/aromatic N) is 4. The summed E-state index contributed by atoms with van der Waals surface area (Å²) in [6.07, 6.45) is 4.05. The van der Waals surface area contributed by atoms with Crippen molar-refractivity contribution < 1.29 is 29.9 Å². The fourth-order valence-electron chi connectivity index (χ4n) is 9.39. The molecule has 0 spiro atoms. The number of anilines is 3. The Morgan fingerprint density at radius 3 is 2.10 bits per heavy atom. The quantitative estimate of drug-likeness (QED) is 0.0981. The van der Waals surface area contributed by atoms with E-state index in [4.69, 9.17) is 9.40 Å². The number of halogens is 1. The second-order valence-corrected chi connectivity index (χ2v) is 18.6. The molecule has 1 aliphatic rings. The summed E-state index contributed by atoms with van der Waals surface area (Å²) in [5.74, 6) is 0.775. The maximum atomic E-state index is 17.2. The number of para-hydroxylation sites is 2. The number of pyridine rings is 2. The molecule has 0 aliphatic carbocycles. The summed E-state index contributed by atoms with van der Waals surface area (Å²) in [5, 5.41) is 9.62. The van der Waals surface area contributed by atoms with Gasteiger partial charge in [-0.25, -0.2) is 9.37 Å². The molecule has 5 nitrogen and oxygen atoms in total. The number of hydrogen-bond donors (Lipinski definition) is 0. The molecule has 5 heterocycles. The number of benzene rings is 7. The molecular weight excluding hydrogens is 927 g/mol. The summed E-state index contributed by atoms with van der Waals surface area (Å²) >= 11 is 0. The Hall–Kier alpha value is -6.66. The van der Waals surface area contributed by atoms with E-state index in [2.05, 4.69) is 119 Å². The predicted molar refractivity (Wildman–Crippen MR) is 234 cm³/mol. The van der Waals surface area contributed by atoms with Gasteiger partial charge in [0.15, 0.2) is 13.7 Å². The van der Waals surface area contributed by atoms with E-state index >= 15 is 4.39 Å². The van der Waals surface area contributed by atoms with Gasteiger partial charge in [0, 0.05) is 34.9 Å². The number of aromatic nitrogens is 3. The molecule has 0 saturated carbocycles. The predicted octanol–water partition coefficient (Wildman–Crippen LogP) is 9.75. The molecule has 0 fully saturated rings. The first kappa shape index (κ1) is 35.5. The van der Waals surface area contributed by atoms with Crippen LogP contribution < -0.4 is 25.6 Å². The van der Waals surface area contributed by atoms with E-state index in [9.17, 15) is 0 Å². The summed E-state index contributed by atoms with van der Waals surface area (Å²) in [4.78, 5) is 12.0. The van der Waals surface area contributed by atoms with Crippen molar-refractivity contribution >= 4 is 95.3 Å². The zero-order valence-electron chi connectivity index (χ0n) is 31.3. The van der Waals surface area contributed by atoms with Gasteiger partial charge in [0.05, 0.1) is 11.3 Å². The van der Waals surface area contributed by atoms with Gasteiger partial charge < -0.3 is 13.7 Å². The van der Waals surface area contributed by atoms with Crippen LogP contribution in [0.3, 0.4) is 0 Å². The largest absolute Gasteiger partial charge is 2.00 e. The van der Waals surface area contributed by atoms with Crippen LogP contribution in [0.1, 0.15) is 17.3 Å². The maximum absolute atomic E-state index is 17.2. The monoisotopic (exact) mass is 957 g/mol. The molecule has 1 aliphatic heterocycles. The molecular formula is C51H31FN4OPtSi. The maximum Gasteiger partial charge on any atom is 2.00 e. The van der Waals surface area contributed by atoms with E-state index in [1.54, 1.807) is 12.3 Å². The minimum Gasteiger partial charge on any atom is -0.454 e. The summed E-state index contributed by atoms with van der Waals surface area (Å²) in [7, 11) is -3.03. The van der Waals surface area contributed by atoms with E-state index in [0.29, 0.717) is 16.8 Å². The van der Waals surface area contributed by atoms with Crippen LogP contribution >= 0.6 is 0 Å². The van der Waals surface area contributed by atoms with Gasteiger partial charge in [-0.3, -0.25) is 4.98 Å². The van der Waals surface area contributed by atoms with E-state index in [1.807, 2.05) is 77.5 Å². The molecule has 12 rings (SSSR count). The molecule has 0 radical (unpaired) electrons. The van der Waals surface area contributed by atoms with Crippen molar-refractivity contribution in [2.24, 2.45) is 0 Å². The second kappa shape index (κ2) is 13.7. The Kier molecular flexibility index (Phi) is 8.26. The molecule has 7 aromatic carbocycles. The van der Waals surface area contributed by atoms with Crippen molar-refractivity contribution in [3.63, 3.8) is 0 Å². The van der Waals surface area contributed by atoms with Crippen LogP contribution in [-0.2, 0) is 21.1 Å². The molecule has 0 amide bonds. The Balaban J connectivity index is 0.00000397. The first-order valence-electron chi connectivity index (χ1n) is 19.4. The molecule has 1 unspecified atom stereocenters. The Morgan fingerprint density at radius 1 is 0.576 bits per heavy atom. The third-order valence-corrected chi connectivity index (χ3v) is 16.6. The summed E-state index contributed by atoms with van der Waals surface area (Å²) in [6, 6.07) is 63.3. The van der Waals surface area contributed by atoms with E-state index < -0.39 is 14.2 Å². The molecule has 8 heteroatoms. The van der Waals surface area contributed by atoms with Gasteiger partial charge in [-0.15, -0.1) is 29.8 Å². The smallest absolute Gasteiger partial charge is 0.454 e. The van der Waals surface area contributed by atoms with Crippen LogP contribution in [0.5, 0.6) is 0 Å². The number of furan rings is 1. The Morgan fingerprint density at radius 2 is 1.29 bits per heavy atom. The minimum absolute atomic E-state index is 0. The zero-order valence-corrected chi connectivity index (χ0v) is 34.6. The van der Waals surface area contributed by atoms with Gasteiger partial charge in [0.25, 0.3) is 0 Å². The molecule has 59 heavy (non-hydrogen) atoms. The van der Waals surface area contributed by atoms with Crippen molar-refractivity contribution in [1.29, 1.82) is 0 Å². The number of fused-ring (bicyclic) bond motifs is 12. The topological polar surface area (TPSA) is 46.6 Å². The Labute approximate surface area is 354 Å². The molecule has 11 aromatic rings. The van der Waals surface area contributed by atoms with Crippen LogP contribution in [0.15, 0.2) is 187 Å². The van der Waals surface area contributed by atoms with Crippen molar-refractivity contribution in [3.05, 3.63) is 206 Å². The van der Waals surface area contributed by atoms with E-state index in [0.717, 1.165) is 71.1 Å². The number of hydrogen-bond acceptors (Lipinski definition) is 4. The van der Waals surface area contributed by atoms with Crippen LogP contribution in [0.25, 0.3) is 49.3 Å². The number of alkyl halides is 1. The molecule has 4 aromatic heterocycles. The average molecular weight is 958 g/mol. The van der Waals surface area contributed by atoms with E-state index in [1.165, 1.54) is 10.4 Å². The van der Waals surface area contributed by atoms with Gasteiger partial charge in [-0.2, -0.15) is 18.2 Å². The van der Waals surface area contributed by atoms with Crippen LogP contribution in [0, 0.1) is 12.1 Å². The van der Waals surface area contributed by atoms with Crippen molar-refractivity contribution in [2.75, 3.05) is 4.90 Å². The molecule has 0 saturated heterocycles. The third kappa shape index (κ3) is 5.11. The van der Waals surface area contributed by atoms with E-state index in [-0.39, 0.29) is 21.1 Å². The molecule has 282 valence electrons. The van der Waals surface area contributed by atoms with Crippen molar-refractivity contribution in [1.82, 2.24) is 14.4 Å². The average Bonchev–Trinajstić information content (AvgIpc) is 3.95. The minimum atomic E-state index is -3.03. The van der Waals surface area contributed by atoms with Gasteiger partial charge in [-0.1, -0.05) is 137 Å². The van der Waals surface area contributed by atoms with Gasteiger partial charge in [-0.05, 0) is 44.3 Å². The third-order valence-electron chi connectivity index (χ3n) is 11.8. The first-order valence-corrected chi connectivity index (χ1v) is 21.4. The fourth-order valence-corrected chi connectivity index (χ4v) is 14.4. The van der Waals surface area contributed by atoms with Crippen molar-refractivity contribution in [3.8, 4) is 0 Å². The first-order chi connectivity index (χ1) is 28.7. The second-order valence-electron chi connectivity index (χ2n) is 14.8. The van der Waals surface area contributed by atoms with Gasteiger partial charge in [0.2, 0.25) is 0 Å². The molecule has 1 atom stereocenters. The van der Waals surface area contributed by atoms with Gasteiger partial charge in [0.1, 0.15) is 17.6 Å². The van der Waals surface area contributed by atoms with Crippen LogP contribution in [-0.4, -0.2) is 22.4 Å². The standard InChI is InChI=1S/C51H31FN4OSi.Pt/c52-47(34-24-25-38-39-19-7-9-21-43(39)55-30-29-54-50(55)42(38)32-34)33-13-11-14-35(31-33)56-48-45(27-26-41-40-20-8-10-22-44(40)57-49(41)48)58(36-15-3-1-4-16-36,37-17-5-2-6-18-37)46-23-12-28-53-51(46)56;/h1-30,47H;/q-2;+2. The van der Waals surface area contributed by atoms with Crippen LogP contribution in [0.2, 0.25) is 0 Å². The summed E-state index contributed by atoms with van der Waals surface area (Å²) in [5.41, 5.74) is 5.72.